The van der Waals surface area contributed by atoms with Crippen molar-refractivity contribution < 1.29 is 16.8 Å². The van der Waals surface area contributed by atoms with Gasteiger partial charge < -0.3 is 4.90 Å². The zero-order valence-electron chi connectivity index (χ0n) is 16.9. The Kier molecular flexibility index (Phi) is 6.21. The minimum atomic E-state index is -3.86. The fraction of sp³-hybridized carbons (Fsp3) is 0.400. The van der Waals surface area contributed by atoms with Crippen LogP contribution in [0.2, 0.25) is 0 Å². The molecule has 1 atom stereocenters. The molecule has 2 aromatic rings. The maximum atomic E-state index is 12.9. The smallest absolute Gasteiger partial charge is 0.261 e. The zero-order valence-corrected chi connectivity index (χ0v) is 18.5. The molecule has 2 aromatic carbocycles. The summed E-state index contributed by atoms with van der Waals surface area (Å²) in [6.07, 6.45) is 2.25. The molecule has 1 aliphatic rings. The van der Waals surface area contributed by atoms with E-state index in [1.54, 1.807) is 12.1 Å². The Bertz CT molecular complexity index is 1070. The van der Waals surface area contributed by atoms with Gasteiger partial charge in [-0.2, -0.15) is 0 Å². The van der Waals surface area contributed by atoms with Gasteiger partial charge in [-0.05, 0) is 55.2 Å². The lowest BCUT2D eigenvalue weighted by Gasteiger charge is -2.34. The van der Waals surface area contributed by atoms with Gasteiger partial charge in [0, 0.05) is 27.2 Å². The van der Waals surface area contributed by atoms with Crippen LogP contribution in [0.3, 0.4) is 0 Å². The Balaban J connectivity index is 1.87. The number of piperidine rings is 1. The van der Waals surface area contributed by atoms with E-state index in [4.69, 9.17) is 0 Å². The van der Waals surface area contributed by atoms with Crippen LogP contribution in [0.25, 0.3) is 0 Å². The molecule has 0 aromatic heterocycles. The first-order chi connectivity index (χ1) is 13.6. The van der Waals surface area contributed by atoms with Gasteiger partial charge in [0.1, 0.15) is 0 Å². The summed E-state index contributed by atoms with van der Waals surface area (Å²) in [7, 11) is -4.61. The van der Waals surface area contributed by atoms with Crippen molar-refractivity contribution in [1.29, 1.82) is 0 Å². The minimum absolute atomic E-state index is 0.0111. The fourth-order valence-corrected chi connectivity index (χ4v) is 5.43. The van der Waals surface area contributed by atoms with Gasteiger partial charge in [-0.1, -0.05) is 19.1 Å². The summed E-state index contributed by atoms with van der Waals surface area (Å²) in [4.78, 5) is 2.26. The number of hydrogen-bond donors (Lipinski definition) is 1. The van der Waals surface area contributed by atoms with Gasteiger partial charge in [-0.3, -0.25) is 4.72 Å². The van der Waals surface area contributed by atoms with Crippen LogP contribution >= 0.6 is 0 Å². The average molecular weight is 438 g/mol. The molecule has 1 aliphatic heterocycles. The molecule has 1 saturated heterocycles. The van der Waals surface area contributed by atoms with E-state index in [0.717, 1.165) is 29.5 Å². The lowest BCUT2D eigenvalue weighted by atomic mass is 9.99. The molecule has 9 heteroatoms. The van der Waals surface area contributed by atoms with Crippen molar-refractivity contribution in [2.24, 2.45) is 5.92 Å². The predicted octanol–water partition coefficient (Wildman–Crippen LogP) is 2.97. The molecular weight excluding hydrogens is 410 g/mol. The number of benzene rings is 2. The Morgan fingerprint density at radius 3 is 2.21 bits per heavy atom. The first-order valence-corrected chi connectivity index (χ1v) is 12.4. The van der Waals surface area contributed by atoms with Crippen LogP contribution in [0, 0.1) is 5.92 Å². The molecule has 1 heterocycles. The number of anilines is 2. The zero-order chi connectivity index (χ0) is 21.2. The van der Waals surface area contributed by atoms with E-state index in [2.05, 4.69) is 16.5 Å². The predicted molar refractivity (Wildman–Crippen MR) is 115 cm³/mol. The highest BCUT2D eigenvalue weighted by molar-refractivity contribution is 7.92. The van der Waals surface area contributed by atoms with Crippen molar-refractivity contribution >= 4 is 31.4 Å². The second kappa shape index (κ2) is 8.33. The molecule has 0 spiro atoms. The molecule has 1 fully saturated rings. The lowest BCUT2D eigenvalue weighted by Crippen LogP contribution is -2.34. The van der Waals surface area contributed by atoms with Crippen LogP contribution in [0.1, 0.15) is 19.8 Å². The number of nitrogens with zero attached hydrogens (tertiary/aromatic N) is 2. The van der Waals surface area contributed by atoms with E-state index in [-0.39, 0.29) is 9.79 Å². The number of hydrogen-bond acceptors (Lipinski definition) is 5. The molecule has 0 unspecified atom stereocenters. The summed E-state index contributed by atoms with van der Waals surface area (Å²) in [6.45, 7) is 3.97. The van der Waals surface area contributed by atoms with E-state index in [9.17, 15) is 16.8 Å². The fourth-order valence-electron chi connectivity index (χ4n) is 3.45. The Morgan fingerprint density at radius 1 is 0.966 bits per heavy atom. The van der Waals surface area contributed by atoms with E-state index in [1.807, 2.05) is 12.1 Å². The van der Waals surface area contributed by atoms with Crippen molar-refractivity contribution in [1.82, 2.24) is 4.31 Å². The highest BCUT2D eigenvalue weighted by atomic mass is 32.2. The van der Waals surface area contributed by atoms with Crippen LogP contribution < -0.4 is 9.62 Å². The standard InChI is InChI=1S/C20H27N3O4S2/c1-16-7-6-14-23(15-16)20-9-5-4-8-19(20)21-28(24,25)17-10-12-18(13-11-17)29(26,27)22(2)3/h4-5,8-13,16,21H,6-7,14-15H2,1-3H3/t16-/m1/s1. The topological polar surface area (TPSA) is 86.8 Å². The van der Waals surface area contributed by atoms with Crippen molar-refractivity contribution in [2.75, 3.05) is 36.8 Å². The second-order valence-corrected chi connectivity index (χ2v) is 11.4. The molecule has 0 bridgehead atoms. The molecule has 0 saturated carbocycles. The quantitative estimate of drug-likeness (QED) is 0.751. The summed E-state index contributed by atoms with van der Waals surface area (Å²) >= 11 is 0. The second-order valence-electron chi connectivity index (χ2n) is 7.57. The molecule has 7 nitrogen and oxygen atoms in total. The normalized spacial score (nSPS) is 18.1. The lowest BCUT2D eigenvalue weighted by molar-refractivity contribution is 0.447. The SMILES string of the molecule is C[C@@H]1CCCN(c2ccccc2NS(=O)(=O)c2ccc(S(=O)(=O)N(C)C)cc2)C1. The summed E-state index contributed by atoms with van der Waals surface area (Å²) in [5, 5.41) is 0. The third-order valence-electron chi connectivity index (χ3n) is 5.06. The Morgan fingerprint density at radius 2 is 1.59 bits per heavy atom. The van der Waals surface area contributed by atoms with Gasteiger partial charge in [0.25, 0.3) is 10.0 Å². The van der Waals surface area contributed by atoms with Crippen molar-refractivity contribution in [3.05, 3.63) is 48.5 Å². The number of para-hydroxylation sites is 2. The maximum absolute atomic E-state index is 12.9. The highest BCUT2D eigenvalue weighted by Crippen LogP contribution is 2.31. The molecule has 29 heavy (non-hydrogen) atoms. The molecule has 1 N–H and O–H groups in total. The van der Waals surface area contributed by atoms with E-state index in [1.165, 1.54) is 44.8 Å². The van der Waals surface area contributed by atoms with Gasteiger partial charge in [0.2, 0.25) is 10.0 Å². The third-order valence-corrected chi connectivity index (χ3v) is 8.27. The highest BCUT2D eigenvalue weighted by Gasteiger charge is 2.23. The number of rotatable bonds is 6. The molecule has 0 aliphatic carbocycles. The molecule has 158 valence electrons. The molecule has 0 radical (unpaired) electrons. The van der Waals surface area contributed by atoms with Crippen LogP contribution in [0.15, 0.2) is 58.3 Å². The van der Waals surface area contributed by atoms with Crippen molar-refractivity contribution in [2.45, 2.75) is 29.6 Å². The van der Waals surface area contributed by atoms with Crippen molar-refractivity contribution in [3.8, 4) is 0 Å². The number of sulfonamides is 2. The molecular formula is C20H27N3O4S2. The van der Waals surface area contributed by atoms with Gasteiger partial charge >= 0.3 is 0 Å². The van der Waals surface area contributed by atoms with Crippen LogP contribution in [-0.2, 0) is 20.0 Å². The minimum Gasteiger partial charge on any atom is -0.370 e. The van der Waals surface area contributed by atoms with Gasteiger partial charge in [-0.25, -0.2) is 21.1 Å². The van der Waals surface area contributed by atoms with Gasteiger partial charge in [-0.15, -0.1) is 0 Å². The summed E-state index contributed by atoms with van der Waals surface area (Å²) < 4.78 is 53.9. The Hall–Kier alpha value is -2.10. The summed E-state index contributed by atoms with van der Waals surface area (Å²) in [5.74, 6) is 0.555. The molecule has 3 rings (SSSR count). The van der Waals surface area contributed by atoms with E-state index < -0.39 is 20.0 Å². The van der Waals surface area contributed by atoms with Crippen molar-refractivity contribution in [3.63, 3.8) is 0 Å². The number of nitrogens with one attached hydrogen (secondary N) is 1. The van der Waals surface area contributed by atoms with E-state index in [0.29, 0.717) is 11.6 Å². The molecule has 0 amide bonds. The van der Waals surface area contributed by atoms with Crippen LogP contribution in [-0.4, -0.2) is 48.3 Å². The summed E-state index contributed by atoms with van der Waals surface area (Å²) in [5.41, 5.74) is 1.38. The third kappa shape index (κ3) is 4.73. The summed E-state index contributed by atoms with van der Waals surface area (Å²) in [6, 6.07) is 12.6. The largest absolute Gasteiger partial charge is 0.370 e. The maximum Gasteiger partial charge on any atom is 0.261 e. The van der Waals surface area contributed by atoms with Crippen LogP contribution in [0.5, 0.6) is 0 Å². The Labute approximate surface area is 173 Å². The first kappa shape index (κ1) is 21.6. The van der Waals surface area contributed by atoms with Crippen LogP contribution in [0.4, 0.5) is 11.4 Å². The van der Waals surface area contributed by atoms with E-state index >= 15 is 0 Å². The van der Waals surface area contributed by atoms with Gasteiger partial charge in [0.15, 0.2) is 0 Å². The average Bonchev–Trinajstić information content (AvgIpc) is 2.68. The monoisotopic (exact) mass is 437 g/mol. The van der Waals surface area contributed by atoms with Gasteiger partial charge in [0.05, 0.1) is 21.2 Å². The first-order valence-electron chi connectivity index (χ1n) is 9.50.